The molecule has 0 saturated heterocycles. The van der Waals surface area contributed by atoms with Gasteiger partial charge in [0.05, 0.1) is 16.4 Å². The molecule has 6 heteroatoms. The number of halogens is 2. The highest BCUT2D eigenvalue weighted by Gasteiger charge is 2.26. The topological polar surface area (TPSA) is 34.4 Å². The highest BCUT2D eigenvalue weighted by molar-refractivity contribution is 7.15. The maximum atomic E-state index is 11.7. The average molecular weight is 353 g/mol. The van der Waals surface area contributed by atoms with Gasteiger partial charge in [-0.05, 0) is 18.2 Å². The van der Waals surface area contributed by atoms with E-state index >= 15 is 0 Å². The number of carbonyl (C=O) groups is 1. The van der Waals surface area contributed by atoms with E-state index in [4.69, 9.17) is 23.2 Å². The second-order valence-corrected chi connectivity index (χ2v) is 7.76. The molecule has 0 saturated carbocycles. The van der Waals surface area contributed by atoms with Crippen molar-refractivity contribution < 1.29 is 4.79 Å². The zero-order valence-corrected chi connectivity index (χ0v) is 14.7. The van der Waals surface area contributed by atoms with Crippen LogP contribution in [-0.4, -0.2) is 15.7 Å². The van der Waals surface area contributed by atoms with Crippen LogP contribution in [0.25, 0.3) is 16.2 Å². The van der Waals surface area contributed by atoms with E-state index in [9.17, 15) is 4.79 Å². The molecule has 0 atom stereocenters. The summed E-state index contributed by atoms with van der Waals surface area (Å²) in [6.45, 7) is 6.13. The first kappa shape index (κ1) is 15.5. The van der Waals surface area contributed by atoms with Gasteiger partial charge >= 0.3 is 0 Å². The van der Waals surface area contributed by atoms with E-state index in [2.05, 4.69) is 4.98 Å². The molecule has 1 aromatic carbocycles. The number of hydrogen-bond donors (Lipinski definition) is 0. The summed E-state index contributed by atoms with van der Waals surface area (Å²) in [4.78, 5) is 17.1. The van der Waals surface area contributed by atoms with Gasteiger partial charge in [0.15, 0.2) is 11.2 Å². The molecule has 3 nitrogen and oxygen atoms in total. The van der Waals surface area contributed by atoms with E-state index in [1.54, 1.807) is 12.1 Å². The van der Waals surface area contributed by atoms with E-state index in [0.29, 0.717) is 15.7 Å². The number of fused-ring (bicyclic) bond motifs is 1. The lowest BCUT2D eigenvalue weighted by atomic mass is 9.91. The Morgan fingerprint density at radius 3 is 2.59 bits per heavy atom. The maximum absolute atomic E-state index is 11.7. The van der Waals surface area contributed by atoms with Crippen LogP contribution in [0.4, 0.5) is 0 Å². The molecule has 0 radical (unpaired) electrons. The van der Waals surface area contributed by atoms with E-state index in [-0.39, 0.29) is 5.41 Å². The summed E-state index contributed by atoms with van der Waals surface area (Å²) in [5, 5.41) is 3.09. The lowest BCUT2D eigenvalue weighted by Crippen LogP contribution is -2.14. The van der Waals surface area contributed by atoms with E-state index in [1.807, 2.05) is 36.6 Å². The summed E-state index contributed by atoms with van der Waals surface area (Å²) in [5.41, 5.74) is 2.85. The molecule has 0 aliphatic heterocycles. The first-order valence-corrected chi connectivity index (χ1v) is 8.37. The first-order chi connectivity index (χ1) is 10.3. The van der Waals surface area contributed by atoms with Crippen molar-refractivity contribution in [1.82, 2.24) is 9.38 Å². The number of carbonyl (C=O) groups excluding carboxylic acids is 1. The fourth-order valence-corrected chi connectivity index (χ4v) is 3.83. The predicted octanol–water partition coefficient (Wildman–Crippen LogP) is 5.48. The quantitative estimate of drug-likeness (QED) is 0.572. The van der Waals surface area contributed by atoms with Gasteiger partial charge in [0.1, 0.15) is 5.69 Å². The number of hydrogen-bond acceptors (Lipinski definition) is 3. The number of imidazole rings is 1. The van der Waals surface area contributed by atoms with Crippen LogP contribution in [0.5, 0.6) is 0 Å². The van der Waals surface area contributed by atoms with Crippen molar-refractivity contribution in [1.29, 1.82) is 0 Å². The van der Waals surface area contributed by atoms with E-state index < -0.39 is 0 Å². The molecule has 0 unspecified atom stereocenters. The third-order valence-electron chi connectivity index (χ3n) is 3.43. The van der Waals surface area contributed by atoms with Crippen molar-refractivity contribution in [3.63, 3.8) is 0 Å². The van der Waals surface area contributed by atoms with Crippen molar-refractivity contribution in [3.8, 4) is 11.3 Å². The molecule has 0 N–H and O–H groups in total. The molecular formula is C16H14Cl2N2OS. The molecule has 0 spiro atoms. The molecule has 0 aliphatic rings. The fourth-order valence-electron chi connectivity index (χ4n) is 2.43. The normalized spacial score (nSPS) is 12.0. The third-order valence-corrected chi connectivity index (χ3v) is 4.80. The fraction of sp³-hybridized carbons (Fsp3) is 0.250. The SMILES string of the molecule is CC(C)(C)c1nc2scc(-c3ccc(Cl)cc3Cl)n2c1C=O. The molecule has 22 heavy (non-hydrogen) atoms. The number of thiazole rings is 1. The Labute approximate surface area is 142 Å². The van der Waals surface area contributed by atoms with Gasteiger partial charge in [0.25, 0.3) is 0 Å². The minimum atomic E-state index is -0.205. The monoisotopic (exact) mass is 352 g/mol. The number of aromatic nitrogens is 2. The van der Waals surface area contributed by atoms with Crippen molar-refractivity contribution in [2.24, 2.45) is 0 Å². The van der Waals surface area contributed by atoms with Crippen LogP contribution in [0.15, 0.2) is 23.6 Å². The molecule has 2 heterocycles. The summed E-state index contributed by atoms with van der Waals surface area (Å²) >= 11 is 13.8. The summed E-state index contributed by atoms with van der Waals surface area (Å²) in [6.07, 6.45) is 0.862. The van der Waals surface area contributed by atoms with Crippen molar-refractivity contribution in [3.05, 3.63) is 45.0 Å². The summed E-state index contributed by atoms with van der Waals surface area (Å²) in [5.74, 6) is 0. The number of benzene rings is 1. The van der Waals surface area contributed by atoms with Crippen molar-refractivity contribution in [2.45, 2.75) is 26.2 Å². The predicted molar refractivity (Wildman–Crippen MR) is 92.6 cm³/mol. The van der Waals surface area contributed by atoms with Crippen LogP contribution < -0.4 is 0 Å². The lowest BCUT2D eigenvalue weighted by Gasteiger charge is -2.16. The molecular weight excluding hydrogens is 339 g/mol. The zero-order chi connectivity index (χ0) is 16.1. The highest BCUT2D eigenvalue weighted by Crippen LogP contribution is 2.36. The van der Waals surface area contributed by atoms with Crippen LogP contribution in [0.3, 0.4) is 0 Å². The molecule has 0 fully saturated rings. The van der Waals surface area contributed by atoms with E-state index in [0.717, 1.165) is 28.2 Å². The molecule has 3 aromatic rings. The lowest BCUT2D eigenvalue weighted by molar-refractivity contribution is 0.111. The molecule has 3 rings (SSSR count). The maximum Gasteiger partial charge on any atom is 0.195 e. The molecule has 0 bridgehead atoms. The Bertz CT molecular complexity index is 874. The van der Waals surface area contributed by atoms with Gasteiger partial charge in [0, 0.05) is 21.4 Å². The molecule has 0 aliphatic carbocycles. The summed E-state index contributed by atoms with van der Waals surface area (Å²) < 4.78 is 1.87. The number of rotatable bonds is 2. The Morgan fingerprint density at radius 2 is 2.00 bits per heavy atom. The largest absolute Gasteiger partial charge is 0.296 e. The van der Waals surface area contributed by atoms with Crippen molar-refractivity contribution in [2.75, 3.05) is 0 Å². The van der Waals surface area contributed by atoms with Gasteiger partial charge in [-0.1, -0.05) is 44.0 Å². The Morgan fingerprint density at radius 1 is 1.27 bits per heavy atom. The van der Waals surface area contributed by atoms with Gasteiger partial charge in [-0.25, -0.2) is 4.98 Å². The average Bonchev–Trinajstić information content (AvgIpc) is 2.97. The third kappa shape index (κ3) is 2.45. The minimum absolute atomic E-state index is 0.205. The van der Waals surface area contributed by atoms with Gasteiger partial charge in [0.2, 0.25) is 0 Å². The van der Waals surface area contributed by atoms with Crippen LogP contribution >= 0.6 is 34.5 Å². The van der Waals surface area contributed by atoms with Crippen LogP contribution in [0.1, 0.15) is 37.0 Å². The van der Waals surface area contributed by atoms with Gasteiger partial charge in [-0.15, -0.1) is 11.3 Å². The number of nitrogens with zero attached hydrogens (tertiary/aromatic N) is 2. The van der Waals surface area contributed by atoms with Crippen molar-refractivity contribution >= 4 is 45.8 Å². The Hall–Kier alpha value is -1.36. The molecule has 0 amide bonds. The molecule has 2 aromatic heterocycles. The van der Waals surface area contributed by atoms with Gasteiger partial charge in [-0.2, -0.15) is 0 Å². The minimum Gasteiger partial charge on any atom is -0.296 e. The van der Waals surface area contributed by atoms with Crippen LogP contribution in [0, 0.1) is 0 Å². The zero-order valence-electron chi connectivity index (χ0n) is 12.4. The first-order valence-electron chi connectivity index (χ1n) is 6.74. The van der Waals surface area contributed by atoms with E-state index in [1.165, 1.54) is 11.3 Å². The Kier molecular flexibility index (Phi) is 3.79. The summed E-state index contributed by atoms with van der Waals surface area (Å²) in [7, 11) is 0. The van der Waals surface area contributed by atoms with Crippen LogP contribution in [0.2, 0.25) is 10.0 Å². The standard InChI is InChI=1S/C16H14Cl2N2OS/c1-16(2,3)14-12(7-21)20-13(8-22-15(20)19-14)10-5-4-9(17)6-11(10)18/h4-8H,1-3H3. The smallest absolute Gasteiger partial charge is 0.195 e. The molecule has 114 valence electrons. The van der Waals surface area contributed by atoms with Gasteiger partial charge < -0.3 is 0 Å². The number of aldehydes is 1. The van der Waals surface area contributed by atoms with Gasteiger partial charge in [-0.3, -0.25) is 9.20 Å². The second-order valence-electron chi connectivity index (χ2n) is 6.08. The van der Waals surface area contributed by atoms with Crippen LogP contribution in [-0.2, 0) is 5.41 Å². The highest BCUT2D eigenvalue weighted by atomic mass is 35.5. The second kappa shape index (κ2) is 5.37. The summed E-state index contributed by atoms with van der Waals surface area (Å²) in [6, 6.07) is 5.34. The Balaban J connectivity index is 2.32.